The Morgan fingerprint density at radius 2 is 0.479 bits per heavy atom. The number of hydrogen-bond acceptors (Lipinski definition) is 14. The van der Waals surface area contributed by atoms with Gasteiger partial charge in [0, 0.05) is 82.3 Å². The second-order valence-electron chi connectivity index (χ2n) is 23.5. The molecule has 12 aromatic carbocycles. The number of benzene rings is 12. The van der Waals surface area contributed by atoms with Crippen LogP contribution in [0.3, 0.4) is 0 Å². The fourth-order valence-corrected chi connectivity index (χ4v) is 15.4. The van der Waals surface area contributed by atoms with E-state index < -0.39 is 42.1 Å². The van der Waals surface area contributed by atoms with Crippen molar-refractivity contribution in [1.29, 1.82) is 0 Å². The van der Waals surface area contributed by atoms with Gasteiger partial charge in [0.15, 0.2) is 24.9 Å². The summed E-state index contributed by atoms with van der Waals surface area (Å²) in [6.45, 7) is 4.86. The van der Waals surface area contributed by atoms with E-state index in [9.17, 15) is 0 Å². The summed E-state index contributed by atoms with van der Waals surface area (Å²) in [5.74, 6) is 3.11. The Balaban J connectivity index is 0.831. The Hall–Kier alpha value is -10.1. The highest BCUT2D eigenvalue weighted by Gasteiger charge is 2.38. The lowest BCUT2D eigenvalue weighted by molar-refractivity contribution is 0.111. The number of anilines is 4. The van der Waals surface area contributed by atoms with Crippen molar-refractivity contribution in [3.05, 3.63) is 313 Å². The third-order valence-electron chi connectivity index (χ3n) is 17.7. The van der Waals surface area contributed by atoms with Crippen molar-refractivity contribution in [2.75, 3.05) is 72.2 Å². The molecule has 16 rings (SSSR count). The molecule has 0 spiro atoms. The predicted octanol–water partition coefficient (Wildman–Crippen LogP) is 19.3. The van der Waals surface area contributed by atoms with E-state index in [0.717, 1.165) is 77.7 Å². The van der Waals surface area contributed by atoms with Gasteiger partial charge in [-0.1, -0.05) is 206 Å². The number of fused-ring (bicyclic) bond motifs is 2. The van der Waals surface area contributed by atoms with Crippen LogP contribution in [0.15, 0.2) is 291 Å². The van der Waals surface area contributed by atoms with Gasteiger partial charge in [0.25, 0.3) is 0 Å². The van der Waals surface area contributed by atoms with Crippen LogP contribution in [0.2, 0.25) is 0 Å². The molecular formula is C80H68N4O10P2. The van der Waals surface area contributed by atoms with E-state index in [0.29, 0.717) is 87.1 Å². The van der Waals surface area contributed by atoms with E-state index in [4.69, 9.17) is 46.1 Å². The zero-order valence-corrected chi connectivity index (χ0v) is 54.2. The lowest BCUT2D eigenvalue weighted by atomic mass is 9.92. The van der Waals surface area contributed by atoms with E-state index in [1.165, 1.54) is 0 Å². The first-order chi connectivity index (χ1) is 47.6. The Kier molecular flexibility index (Phi) is 17.8. The summed E-state index contributed by atoms with van der Waals surface area (Å²) in [5.41, 5.74) is 8.89. The molecule has 4 aliphatic rings. The van der Waals surface area contributed by atoms with Gasteiger partial charge < -0.3 is 65.7 Å². The highest BCUT2D eigenvalue weighted by Crippen LogP contribution is 2.56. The largest absolute Gasteiger partial charge is 0.530 e. The molecule has 0 radical (unpaired) electrons. The van der Waals surface area contributed by atoms with Crippen molar-refractivity contribution in [3.8, 4) is 45.6 Å². The number of ether oxygens (including phenoxy) is 4. The van der Waals surface area contributed by atoms with Crippen molar-refractivity contribution in [2.45, 2.75) is 24.9 Å². The van der Waals surface area contributed by atoms with Gasteiger partial charge in [-0.15, -0.1) is 0 Å². The molecule has 4 aliphatic heterocycles. The van der Waals surface area contributed by atoms with Gasteiger partial charge in [-0.2, -0.15) is 0 Å². The van der Waals surface area contributed by atoms with E-state index in [2.05, 4.69) is 105 Å². The normalized spacial score (nSPS) is 18.4. The second kappa shape index (κ2) is 28.1. The lowest BCUT2D eigenvalue weighted by Gasteiger charge is -2.29. The highest BCUT2D eigenvalue weighted by atomic mass is 31.2. The molecule has 14 nitrogen and oxygen atoms in total. The molecule has 0 amide bonds. The van der Waals surface area contributed by atoms with Crippen LogP contribution in [-0.4, -0.2) is 52.6 Å². The zero-order chi connectivity index (χ0) is 64.0. The van der Waals surface area contributed by atoms with Gasteiger partial charge in [0.05, 0.1) is 26.4 Å². The van der Waals surface area contributed by atoms with Crippen LogP contribution >= 0.6 is 17.2 Å². The number of rotatable bonds is 21. The summed E-state index contributed by atoms with van der Waals surface area (Å²) in [4.78, 5) is 9.01. The second-order valence-corrected chi connectivity index (χ2v) is 25.5. The Morgan fingerprint density at radius 3 is 0.771 bits per heavy atom. The summed E-state index contributed by atoms with van der Waals surface area (Å²) in [6.07, 6.45) is -1.87. The van der Waals surface area contributed by atoms with Crippen LogP contribution in [0.25, 0.3) is 32.7 Å². The van der Waals surface area contributed by atoms with Crippen LogP contribution < -0.4 is 46.7 Å². The summed E-state index contributed by atoms with van der Waals surface area (Å²) >= 11 is 0. The first kappa shape index (κ1) is 60.8. The van der Waals surface area contributed by atoms with Gasteiger partial charge in [-0.05, 0) is 106 Å². The van der Waals surface area contributed by atoms with E-state index in [1.807, 2.05) is 206 Å². The van der Waals surface area contributed by atoms with E-state index >= 15 is 0 Å². The molecule has 96 heavy (non-hydrogen) atoms. The molecule has 4 unspecified atom stereocenters. The average Bonchev–Trinajstić information content (AvgIpc) is 1.14. The zero-order valence-electron chi connectivity index (χ0n) is 52.4. The van der Waals surface area contributed by atoms with Crippen molar-refractivity contribution in [3.63, 3.8) is 0 Å². The third-order valence-corrected chi connectivity index (χ3v) is 19.8. The molecule has 4 saturated heterocycles. The van der Waals surface area contributed by atoms with Crippen LogP contribution in [0.4, 0.5) is 22.7 Å². The van der Waals surface area contributed by atoms with Crippen LogP contribution in [-0.2, 0) is 18.9 Å². The molecule has 478 valence electrons. The topological polar surface area (TPSA) is 105 Å². The number of nitrogens with zero attached hydrogens (tertiary/aromatic N) is 4. The first-order valence-electron chi connectivity index (χ1n) is 32.4. The molecule has 0 aliphatic carbocycles. The van der Waals surface area contributed by atoms with Crippen molar-refractivity contribution in [2.24, 2.45) is 0 Å². The van der Waals surface area contributed by atoms with Gasteiger partial charge in [-0.25, -0.2) is 0 Å². The molecule has 0 N–H and O–H groups in total. The third kappa shape index (κ3) is 12.6. The minimum absolute atomic E-state index is 0.467. The smallest absolute Gasteiger partial charge is 0.408 e. The minimum atomic E-state index is -2.41. The van der Waals surface area contributed by atoms with Gasteiger partial charge in [-0.3, -0.25) is 0 Å². The molecule has 0 saturated carbocycles. The van der Waals surface area contributed by atoms with Crippen molar-refractivity contribution >= 4 is 61.5 Å². The molecule has 4 fully saturated rings. The SMILES string of the molecule is c1ccc(N2CCOC2c2ccccc2OP(Oc2ccccc2C2OCCN2c2ccccc2)Oc2ccc3ccccc3c2-c2c(OP(Oc3ccccc3C3OCCN3c3ccccc3)Oc3ccccc3C3OCCN3c3ccccc3)ccc3ccccc23)cc1. The Labute approximate surface area is 560 Å². The first-order valence-corrected chi connectivity index (χ1v) is 34.6. The van der Waals surface area contributed by atoms with Gasteiger partial charge >= 0.3 is 17.2 Å². The molecule has 16 heteroatoms. The lowest BCUT2D eigenvalue weighted by Crippen LogP contribution is -2.24. The molecule has 0 aromatic heterocycles. The molecular weight excluding hydrogens is 1240 g/mol. The van der Waals surface area contributed by atoms with Gasteiger partial charge in [0.1, 0.15) is 34.5 Å². The maximum atomic E-state index is 7.57. The van der Waals surface area contributed by atoms with Crippen LogP contribution in [0, 0.1) is 0 Å². The maximum absolute atomic E-state index is 7.57. The minimum Gasteiger partial charge on any atom is -0.408 e. The average molecular weight is 1310 g/mol. The van der Waals surface area contributed by atoms with Crippen LogP contribution in [0.1, 0.15) is 47.2 Å². The molecule has 0 bridgehead atoms. The summed E-state index contributed by atoms with van der Waals surface area (Å²) in [7, 11) is -4.82. The van der Waals surface area contributed by atoms with E-state index in [-0.39, 0.29) is 0 Å². The van der Waals surface area contributed by atoms with Crippen molar-refractivity contribution < 1.29 is 46.1 Å². The Morgan fingerprint density at radius 1 is 0.240 bits per heavy atom. The number of para-hydroxylation sites is 8. The van der Waals surface area contributed by atoms with E-state index in [1.54, 1.807) is 0 Å². The fourth-order valence-electron chi connectivity index (χ4n) is 13.3. The van der Waals surface area contributed by atoms with Crippen LogP contribution in [0.5, 0.6) is 34.5 Å². The number of hydrogen-bond donors (Lipinski definition) is 0. The summed E-state index contributed by atoms with van der Waals surface area (Å²) in [5, 5.41) is 3.72. The fraction of sp³-hybridized carbons (Fsp3) is 0.150. The summed E-state index contributed by atoms with van der Waals surface area (Å²) in [6, 6.07) is 98.0. The summed E-state index contributed by atoms with van der Waals surface area (Å²) < 4.78 is 70.9. The standard InChI is InChI=1S/C80H68N4O10P2/c1-5-27-59(28-6-1)81-49-53-85-77(81)65-37-17-21-41-69(65)89-95(90-70-42-22-18-38-66(70)78-82(50-54-86-78)60-29-7-2-8-30-60)93-73-47-45-57-25-13-15-35-63(57)75(73)76-64-36-16-14-26-58(64)46-48-74(76)94-96(91-71-43-23-19-39-67(71)79-83(51-55-87-79)61-31-9-3-10-32-61)92-72-44-24-20-40-68(72)80-84(52-56-88-80)62-33-11-4-12-34-62/h1-48,77-80H,49-56H2. The molecule has 4 heterocycles. The monoisotopic (exact) mass is 1310 g/mol. The molecule has 12 aromatic rings. The van der Waals surface area contributed by atoms with Crippen molar-refractivity contribution in [1.82, 2.24) is 0 Å². The Bertz CT molecular complexity index is 4140. The maximum Gasteiger partial charge on any atom is 0.530 e. The predicted molar refractivity (Wildman–Crippen MR) is 380 cm³/mol. The van der Waals surface area contributed by atoms with Gasteiger partial charge in [0.2, 0.25) is 0 Å². The quantitative estimate of drug-likeness (QED) is 0.0637. The highest BCUT2D eigenvalue weighted by molar-refractivity contribution is 7.43. The molecule has 4 atom stereocenters.